The highest BCUT2D eigenvalue weighted by Crippen LogP contribution is 2.53. The summed E-state index contributed by atoms with van der Waals surface area (Å²) in [5.41, 5.74) is 0.781. The molecule has 0 bridgehead atoms. The van der Waals surface area contributed by atoms with Gasteiger partial charge in [0.05, 0.1) is 0 Å². The number of hydrogen-bond acceptors (Lipinski definition) is 1. The Kier molecular flexibility index (Phi) is 1.92. The van der Waals surface area contributed by atoms with Crippen molar-refractivity contribution in [3.63, 3.8) is 0 Å². The first-order valence-corrected chi connectivity index (χ1v) is 5.08. The van der Waals surface area contributed by atoms with E-state index in [1.54, 1.807) is 0 Å². The highest BCUT2D eigenvalue weighted by atomic mass is 14.9. The van der Waals surface area contributed by atoms with Gasteiger partial charge in [-0.3, -0.25) is 0 Å². The lowest BCUT2D eigenvalue weighted by Crippen LogP contribution is -2.39. The van der Waals surface area contributed by atoms with Crippen LogP contribution in [0.5, 0.6) is 0 Å². The van der Waals surface area contributed by atoms with Gasteiger partial charge in [-0.1, -0.05) is 13.3 Å². The van der Waals surface area contributed by atoms with Crippen LogP contribution in [0.4, 0.5) is 0 Å². The van der Waals surface area contributed by atoms with Gasteiger partial charge in [0.2, 0.25) is 0 Å². The van der Waals surface area contributed by atoms with Crippen LogP contribution in [0.2, 0.25) is 0 Å². The third-order valence-electron chi connectivity index (χ3n) is 4.03. The van der Waals surface area contributed by atoms with Crippen LogP contribution in [0.3, 0.4) is 0 Å². The standard InChI is InChI=1S/C10H19N/c1-2-10-5-3-9(10)4-7-11-8-6-10/h9,11H,2-8H2,1H3. The molecule has 1 saturated heterocycles. The summed E-state index contributed by atoms with van der Waals surface area (Å²) in [4.78, 5) is 0. The Balaban J connectivity index is 2.04. The summed E-state index contributed by atoms with van der Waals surface area (Å²) in [6.45, 7) is 4.91. The minimum Gasteiger partial charge on any atom is -0.317 e. The first kappa shape index (κ1) is 7.60. The highest BCUT2D eigenvalue weighted by molar-refractivity contribution is 4.96. The maximum Gasteiger partial charge on any atom is -0.00435 e. The van der Waals surface area contributed by atoms with Gasteiger partial charge in [-0.05, 0) is 50.1 Å². The summed E-state index contributed by atoms with van der Waals surface area (Å²) in [5, 5.41) is 3.51. The Labute approximate surface area is 69.6 Å². The molecule has 2 rings (SSSR count). The molecular formula is C10H19N. The molecule has 2 fully saturated rings. The van der Waals surface area contributed by atoms with E-state index in [1.165, 1.54) is 45.2 Å². The first-order valence-electron chi connectivity index (χ1n) is 5.08. The third-order valence-corrected chi connectivity index (χ3v) is 4.03. The lowest BCUT2D eigenvalue weighted by molar-refractivity contribution is 0.0223. The zero-order valence-corrected chi connectivity index (χ0v) is 7.53. The van der Waals surface area contributed by atoms with Gasteiger partial charge in [0, 0.05) is 0 Å². The van der Waals surface area contributed by atoms with Crippen LogP contribution in [-0.4, -0.2) is 13.1 Å². The van der Waals surface area contributed by atoms with Crippen LogP contribution < -0.4 is 5.32 Å². The van der Waals surface area contributed by atoms with E-state index in [0.29, 0.717) is 0 Å². The maximum absolute atomic E-state index is 3.51. The molecule has 0 amide bonds. The normalized spacial score (nSPS) is 43.9. The molecule has 1 heteroatoms. The van der Waals surface area contributed by atoms with Crippen LogP contribution in [-0.2, 0) is 0 Å². The van der Waals surface area contributed by atoms with Crippen LogP contribution in [0, 0.1) is 11.3 Å². The van der Waals surface area contributed by atoms with Gasteiger partial charge in [0.1, 0.15) is 0 Å². The van der Waals surface area contributed by atoms with Crippen LogP contribution >= 0.6 is 0 Å². The van der Waals surface area contributed by atoms with Gasteiger partial charge in [-0.2, -0.15) is 0 Å². The van der Waals surface area contributed by atoms with Crippen molar-refractivity contribution in [2.45, 2.75) is 39.0 Å². The monoisotopic (exact) mass is 153 g/mol. The fraction of sp³-hybridized carbons (Fsp3) is 1.00. The number of nitrogens with one attached hydrogen (secondary N) is 1. The second kappa shape index (κ2) is 2.78. The van der Waals surface area contributed by atoms with Crippen molar-refractivity contribution in [1.29, 1.82) is 0 Å². The molecule has 0 aromatic carbocycles. The van der Waals surface area contributed by atoms with Crippen molar-refractivity contribution in [2.75, 3.05) is 13.1 Å². The zero-order chi connectivity index (χ0) is 7.73. The molecule has 1 aliphatic carbocycles. The van der Waals surface area contributed by atoms with Crippen molar-refractivity contribution in [3.05, 3.63) is 0 Å². The minimum atomic E-state index is 0.781. The molecule has 0 aromatic rings. The molecule has 0 radical (unpaired) electrons. The van der Waals surface area contributed by atoms with E-state index in [-0.39, 0.29) is 0 Å². The van der Waals surface area contributed by atoms with Crippen LogP contribution in [0.25, 0.3) is 0 Å². The fourth-order valence-electron chi connectivity index (χ4n) is 2.92. The van der Waals surface area contributed by atoms with E-state index in [0.717, 1.165) is 11.3 Å². The molecular weight excluding hydrogens is 134 g/mol. The maximum atomic E-state index is 3.51. The molecule has 2 atom stereocenters. The summed E-state index contributed by atoms with van der Waals surface area (Å²) in [6, 6.07) is 0. The molecule has 1 heterocycles. The van der Waals surface area contributed by atoms with E-state index in [1.807, 2.05) is 0 Å². The highest BCUT2D eigenvalue weighted by Gasteiger charge is 2.44. The smallest absolute Gasteiger partial charge is 0.00435 e. The van der Waals surface area contributed by atoms with Gasteiger partial charge in [0.25, 0.3) is 0 Å². The van der Waals surface area contributed by atoms with E-state index < -0.39 is 0 Å². The number of hydrogen-bond donors (Lipinski definition) is 1. The first-order chi connectivity index (χ1) is 5.37. The summed E-state index contributed by atoms with van der Waals surface area (Å²) in [6.07, 6.45) is 7.31. The minimum absolute atomic E-state index is 0.781. The Morgan fingerprint density at radius 3 is 2.82 bits per heavy atom. The topological polar surface area (TPSA) is 12.0 Å². The second-order valence-electron chi connectivity index (χ2n) is 4.24. The van der Waals surface area contributed by atoms with Gasteiger partial charge >= 0.3 is 0 Å². The van der Waals surface area contributed by atoms with Crippen molar-refractivity contribution < 1.29 is 0 Å². The average Bonchev–Trinajstić information content (AvgIpc) is 2.13. The predicted octanol–water partition coefficient (Wildman–Crippen LogP) is 2.18. The van der Waals surface area contributed by atoms with Crippen molar-refractivity contribution in [1.82, 2.24) is 5.32 Å². The van der Waals surface area contributed by atoms with Crippen molar-refractivity contribution in [3.8, 4) is 0 Å². The molecule has 11 heavy (non-hydrogen) atoms. The van der Waals surface area contributed by atoms with E-state index in [2.05, 4.69) is 12.2 Å². The zero-order valence-electron chi connectivity index (χ0n) is 7.53. The van der Waals surface area contributed by atoms with Gasteiger partial charge in [-0.15, -0.1) is 0 Å². The number of rotatable bonds is 1. The van der Waals surface area contributed by atoms with Crippen LogP contribution in [0.15, 0.2) is 0 Å². The summed E-state index contributed by atoms with van der Waals surface area (Å²) in [7, 11) is 0. The molecule has 2 aliphatic rings. The Morgan fingerprint density at radius 2 is 2.18 bits per heavy atom. The average molecular weight is 153 g/mol. The van der Waals surface area contributed by atoms with Gasteiger partial charge in [0.15, 0.2) is 0 Å². The lowest BCUT2D eigenvalue weighted by Gasteiger charge is -2.48. The molecule has 0 spiro atoms. The Hall–Kier alpha value is -0.0400. The SMILES string of the molecule is CCC12CCNCCC1CC2. The molecule has 64 valence electrons. The van der Waals surface area contributed by atoms with Crippen LogP contribution in [0.1, 0.15) is 39.0 Å². The molecule has 1 saturated carbocycles. The van der Waals surface area contributed by atoms with Crippen molar-refractivity contribution >= 4 is 0 Å². The largest absolute Gasteiger partial charge is 0.317 e. The lowest BCUT2D eigenvalue weighted by atomic mass is 9.56. The predicted molar refractivity (Wildman–Crippen MR) is 47.6 cm³/mol. The summed E-state index contributed by atoms with van der Waals surface area (Å²) < 4.78 is 0. The second-order valence-corrected chi connectivity index (χ2v) is 4.24. The summed E-state index contributed by atoms with van der Waals surface area (Å²) in [5.74, 6) is 1.07. The fourth-order valence-corrected chi connectivity index (χ4v) is 2.92. The third kappa shape index (κ3) is 1.10. The molecule has 0 aromatic heterocycles. The van der Waals surface area contributed by atoms with E-state index in [4.69, 9.17) is 0 Å². The Morgan fingerprint density at radius 1 is 1.27 bits per heavy atom. The quantitative estimate of drug-likeness (QED) is 0.609. The van der Waals surface area contributed by atoms with E-state index >= 15 is 0 Å². The van der Waals surface area contributed by atoms with E-state index in [9.17, 15) is 0 Å². The van der Waals surface area contributed by atoms with Gasteiger partial charge in [-0.25, -0.2) is 0 Å². The number of fused-ring (bicyclic) bond motifs is 1. The summed E-state index contributed by atoms with van der Waals surface area (Å²) >= 11 is 0. The molecule has 2 unspecified atom stereocenters. The molecule has 1 aliphatic heterocycles. The molecule has 1 N–H and O–H groups in total. The Bertz CT molecular complexity index is 140. The van der Waals surface area contributed by atoms with Crippen molar-refractivity contribution in [2.24, 2.45) is 11.3 Å². The van der Waals surface area contributed by atoms with Gasteiger partial charge < -0.3 is 5.32 Å². The molecule has 1 nitrogen and oxygen atoms in total.